The van der Waals surface area contributed by atoms with Gasteiger partial charge in [-0.2, -0.15) is 0 Å². The summed E-state index contributed by atoms with van der Waals surface area (Å²) in [6, 6.07) is 0.493. The van der Waals surface area contributed by atoms with Crippen molar-refractivity contribution in [2.24, 2.45) is 0 Å². The molecule has 0 radical (unpaired) electrons. The predicted molar refractivity (Wildman–Crippen MR) is 122 cm³/mol. The summed E-state index contributed by atoms with van der Waals surface area (Å²) in [5.74, 6) is 0.192. The van der Waals surface area contributed by atoms with Gasteiger partial charge in [0, 0.05) is 43.6 Å². The summed E-state index contributed by atoms with van der Waals surface area (Å²) in [7, 11) is 4.36. The van der Waals surface area contributed by atoms with Gasteiger partial charge in [-0.05, 0) is 70.8 Å². The molecule has 0 aromatic carbocycles. The molecule has 9 nitrogen and oxygen atoms in total. The van der Waals surface area contributed by atoms with Gasteiger partial charge in [0.2, 0.25) is 11.8 Å². The van der Waals surface area contributed by atoms with Crippen molar-refractivity contribution in [2.75, 3.05) is 46.8 Å². The van der Waals surface area contributed by atoms with Crippen LogP contribution < -0.4 is 5.32 Å². The molecule has 10 heteroatoms. The molecule has 2 amide bonds. The second-order valence-corrected chi connectivity index (χ2v) is 10.9. The van der Waals surface area contributed by atoms with Crippen molar-refractivity contribution in [3.05, 3.63) is 11.1 Å². The molecule has 1 N–H and O–H groups in total. The number of amides is 2. The average Bonchev–Trinajstić information content (AvgIpc) is 3.44. The number of rotatable bonds is 4. The van der Waals surface area contributed by atoms with Crippen LogP contribution in [0.3, 0.4) is 0 Å². The Kier molecular flexibility index (Phi) is 6.21. The molecular formula is C22H35N7O2S. The lowest BCUT2D eigenvalue weighted by Gasteiger charge is -2.41. The van der Waals surface area contributed by atoms with Gasteiger partial charge in [0.25, 0.3) is 0 Å². The van der Waals surface area contributed by atoms with E-state index in [1.807, 2.05) is 10.3 Å². The van der Waals surface area contributed by atoms with Gasteiger partial charge in [0.1, 0.15) is 6.04 Å². The number of aromatic nitrogens is 2. The van der Waals surface area contributed by atoms with Gasteiger partial charge in [-0.15, -0.1) is 5.10 Å². The molecule has 0 saturated carbocycles. The fraction of sp³-hybridized carbons (Fsp3) is 0.818. The Morgan fingerprint density at radius 2 is 1.94 bits per heavy atom. The van der Waals surface area contributed by atoms with Crippen LogP contribution in [0, 0.1) is 0 Å². The van der Waals surface area contributed by atoms with Gasteiger partial charge >= 0.3 is 0 Å². The smallest absolute Gasteiger partial charge is 0.243 e. The van der Waals surface area contributed by atoms with E-state index in [0.717, 1.165) is 70.5 Å². The summed E-state index contributed by atoms with van der Waals surface area (Å²) >= 11 is 1.37. The van der Waals surface area contributed by atoms with Crippen LogP contribution in [-0.2, 0) is 16.1 Å². The Labute approximate surface area is 194 Å². The van der Waals surface area contributed by atoms with Gasteiger partial charge in [-0.25, -0.2) is 0 Å². The zero-order chi connectivity index (χ0) is 22.3. The van der Waals surface area contributed by atoms with E-state index in [1.54, 1.807) is 0 Å². The molecule has 32 heavy (non-hydrogen) atoms. The van der Waals surface area contributed by atoms with Crippen molar-refractivity contribution in [1.29, 1.82) is 0 Å². The predicted octanol–water partition coefficient (Wildman–Crippen LogP) is 0.388. The molecule has 1 aromatic heterocycles. The number of hydrogen-bond acceptors (Lipinski definition) is 8. The van der Waals surface area contributed by atoms with Crippen LogP contribution in [0.4, 0.5) is 0 Å². The quantitative estimate of drug-likeness (QED) is 0.694. The zero-order valence-electron chi connectivity index (χ0n) is 19.2. The van der Waals surface area contributed by atoms with Crippen LogP contribution in [0.1, 0.15) is 44.2 Å². The number of likely N-dealkylation sites (tertiary alicyclic amines) is 2. The maximum atomic E-state index is 13.3. The summed E-state index contributed by atoms with van der Waals surface area (Å²) in [6.07, 6.45) is 5.10. The van der Waals surface area contributed by atoms with Crippen LogP contribution >= 0.6 is 11.5 Å². The van der Waals surface area contributed by atoms with Gasteiger partial charge in [-0.1, -0.05) is 4.49 Å². The number of nitrogens with zero attached hydrogens (tertiary/aromatic N) is 6. The first-order valence-corrected chi connectivity index (χ1v) is 12.8. The van der Waals surface area contributed by atoms with Crippen LogP contribution in [0.15, 0.2) is 5.38 Å². The molecule has 1 aromatic rings. The van der Waals surface area contributed by atoms with E-state index in [0.29, 0.717) is 19.0 Å². The first kappa shape index (κ1) is 22.2. The summed E-state index contributed by atoms with van der Waals surface area (Å²) in [6.45, 7) is 5.42. The van der Waals surface area contributed by atoms with E-state index in [9.17, 15) is 9.59 Å². The monoisotopic (exact) mass is 461 g/mol. The minimum atomic E-state index is -0.398. The highest BCUT2D eigenvalue weighted by molar-refractivity contribution is 7.03. The molecule has 5 rings (SSSR count). The van der Waals surface area contributed by atoms with Crippen molar-refractivity contribution in [3.63, 3.8) is 0 Å². The highest BCUT2D eigenvalue weighted by atomic mass is 32.1. The lowest BCUT2D eigenvalue weighted by Crippen LogP contribution is -2.56. The standard InChI is InChI=1S/C22H35N7O2S/c1-26-7-3-17(4-8-26)27(2)18-11-19-21(31)23-22(12-20(30)29(19)14-18)5-9-28(10-6-22)13-16-15-32-25-24-16/h15,17-19H,3-14H2,1-2H3,(H,23,31)/t18-,19-/m0/s1. The molecule has 176 valence electrons. The topological polar surface area (TPSA) is 84.9 Å². The molecule has 0 bridgehead atoms. The van der Waals surface area contributed by atoms with Gasteiger partial charge < -0.3 is 15.1 Å². The van der Waals surface area contributed by atoms with Crippen LogP contribution in [0.2, 0.25) is 0 Å². The molecule has 4 aliphatic rings. The summed E-state index contributed by atoms with van der Waals surface area (Å²) in [5, 5.41) is 9.46. The molecule has 1 spiro atoms. The second-order valence-electron chi connectivity index (χ2n) is 10.3. The van der Waals surface area contributed by atoms with Crippen molar-refractivity contribution >= 4 is 23.3 Å². The summed E-state index contributed by atoms with van der Waals surface area (Å²) < 4.78 is 3.94. The highest BCUT2D eigenvalue weighted by Gasteiger charge is 2.49. The molecule has 4 aliphatic heterocycles. The van der Waals surface area contributed by atoms with Crippen molar-refractivity contribution in [1.82, 2.24) is 34.5 Å². The summed E-state index contributed by atoms with van der Waals surface area (Å²) in [4.78, 5) is 35.6. The van der Waals surface area contributed by atoms with E-state index >= 15 is 0 Å². The molecule has 0 unspecified atom stereocenters. The number of hydrogen-bond donors (Lipinski definition) is 1. The first-order chi connectivity index (χ1) is 15.4. The van der Waals surface area contributed by atoms with E-state index in [-0.39, 0.29) is 23.9 Å². The van der Waals surface area contributed by atoms with E-state index < -0.39 is 5.54 Å². The molecule has 4 fully saturated rings. The third-order valence-corrected chi connectivity index (χ3v) is 8.78. The number of piperidine rings is 2. The third kappa shape index (κ3) is 4.42. The molecule has 4 saturated heterocycles. The Hall–Kier alpha value is -1.62. The second kappa shape index (κ2) is 8.96. The maximum Gasteiger partial charge on any atom is 0.243 e. The zero-order valence-corrected chi connectivity index (χ0v) is 20.0. The maximum absolute atomic E-state index is 13.3. The molecule has 2 atom stereocenters. The number of fused-ring (bicyclic) bond motifs is 1. The van der Waals surface area contributed by atoms with E-state index in [2.05, 4.69) is 43.7 Å². The van der Waals surface area contributed by atoms with Crippen molar-refractivity contribution in [3.8, 4) is 0 Å². The Balaban J connectivity index is 1.20. The Morgan fingerprint density at radius 1 is 1.19 bits per heavy atom. The van der Waals surface area contributed by atoms with Gasteiger partial charge in [0.05, 0.1) is 17.7 Å². The van der Waals surface area contributed by atoms with E-state index in [4.69, 9.17) is 0 Å². The number of carbonyl (C=O) groups excluding carboxylic acids is 2. The highest BCUT2D eigenvalue weighted by Crippen LogP contribution is 2.34. The van der Waals surface area contributed by atoms with Crippen LogP contribution in [-0.4, -0.2) is 111 Å². The minimum absolute atomic E-state index is 0.0484. The third-order valence-electron chi connectivity index (χ3n) is 8.22. The molecular weight excluding hydrogens is 426 g/mol. The number of likely N-dealkylation sites (N-methyl/N-ethyl adjacent to an activating group) is 1. The van der Waals surface area contributed by atoms with Crippen LogP contribution in [0.25, 0.3) is 0 Å². The van der Waals surface area contributed by atoms with Gasteiger partial charge in [0.15, 0.2) is 0 Å². The first-order valence-electron chi connectivity index (χ1n) is 11.9. The Bertz CT molecular complexity index is 790. The van der Waals surface area contributed by atoms with Crippen molar-refractivity contribution < 1.29 is 9.59 Å². The molecule has 5 heterocycles. The Morgan fingerprint density at radius 3 is 2.62 bits per heavy atom. The minimum Gasteiger partial charge on any atom is -0.348 e. The lowest BCUT2D eigenvalue weighted by atomic mass is 9.84. The average molecular weight is 462 g/mol. The summed E-state index contributed by atoms with van der Waals surface area (Å²) in [5.41, 5.74) is 0.595. The largest absolute Gasteiger partial charge is 0.348 e. The molecule has 0 aliphatic carbocycles. The fourth-order valence-electron chi connectivity index (χ4n) is 6.04. The van der Waals surface area contributed by atoms with Gasteiger partial charge in [-0.3, -0.25) is 19.4 Å². The van der Waals surface area contributed by atoms with Crippen molar-refractivity contribution in [2.45, 2.75) is 68.7 Å². The number of carbonyl (C=O) groups is 2. The number of nitrogens with one attached hydrogen (secondary N) is 1. The van der Waals surface area contributed by atoms with Crippen LogP contribution in [0.5, 0.6) is 0 Å². The van der Waals surface area contributed by atoms with E-state index in [1.165, 1.54) is 11.5 Å². The SMILES string of the molecule is CN1CCC(N(C)[C@H]2C[C@H]3C(=O)NC4(CCN(Cc5csnn5)CC4)CC(=O)N3C2)CC1. The fourth-order valence-corrected chi connectivity index (χ4v) is 6.48. The lowest BCUT2D eigenvalue weighted by molar-refractivity contribution is -0.135. The normalized spacial score (nSPS) is 30.0.